The molecule has 0 aromatic heterocycles. The van der Waals surface area contributed by atoms with Gasteiger partial charge >= 0.3 is 0 Å². The van der Waals surface area contributed by atoms with Gasteiger partial charge in [0.1, 0.15) is 46.0 Å². The van der Waals surface area contributed by atoms with E-state index < -0.39 is 0 Å². The molecule has 6 nitrogen and oxygen atoms in total. The fraction of sp³-hybridized carbons (Fsp3) is 0.341. The van der Waals surface area contributed by atoms with E-state index in [1.54, 1.807) is 0 Å². The number of rotatable bonds is 2. The van der Waals surface area contributed by atoms with Crippen molar-refractivity contribution in [2.45, 2.75) is 183 Å². The molecule has 0 bridgehead atoms. The SMILES string of the molecule is CC(C)(C)c1ccc(N2c3cc4c(cc3B3c5cc(C(C)(C)C)ccc5Oc5cc(C(C)(C)C)cc2c53)B2c3cc5c(cc3Oc3cc(C(C)(C)C)cc(c32)O4)N(c2ccc(C(C)(C)C)cc2)c2cc(C(C)(C)C)cc3c2B5c2cc(C(C)(C)C)ccc2O3)cc1. The molecule has 0 saturated heterocycles. The van der Waals surface area contributed by atoms with Crippen molar-refractivity contribution in [1.82, 2.24) is 0 Å². The van der Waals surface area contributed by atoms with E-state index in [9.17, 15) is 0 Å². The Morgan fingerprint density at radius 3 is 0.824 bits per heavy atom. The minimum atomic E-state index is -0.269. The topological polar surface area (TPSA) is 43.4 Å². The molecule has 0 N–H and O–H groups in total. The number of benzene rings is 9. The largest absolute Gasteiger partial charge is 0.458 e. The maximum atomic E-state index is 7.60. The second-order valence-corrected chi connectivity index (χ2v) is 34.3. The van der Waals surface area contributed by atoms with Gasteiger partial charge in [-0.25, -0.2) is 0 Å². The van der Waals surface area contributed by atoms with Crippen LogP contribution in [0.4, 0.5) is 34.1 Å². The van der Waals surface area contributed by atoms with Crippen molar-refractivity contribution >= 4 is 103 Å². The van der Waals surface area contributed by atoms with Crippen molar-refractivity contribution < 1.29 is 18.9 Å². The van der Waals surface area contributed by atoms with Gasteiger partial charge in [-0.1, -0.05) is 206 Å². The van der Waals surface area contributed by atoms with Crippen LogP contribution in [0.2, 0.25) is 0 Å². The summed E-state index contributed by atoms with van der Waals surface area (Å²) in [5.41, 5.74) is 24.9. The Labute approximate surface area is 543 Å². The van der Waals surface area contributed by atoms with Crippen molar-refractivity contribution in [2.24, 2.45) is 0 Å². The predicted octanol–water partition coefficient (Wildman–Crippen LogP) is 16.3. The van der Waals surface area contributed by atoms with Gasteiger partial charge in [0.05, 0.1) is 0 Å². The summed E-state index contributed by atoms with van der Waals surface area (Å²) in [7, 11) is 0. The minimum Gasteiger partial charge on any atom is -0.458 e. The maximum absolute atomic E-state index is 7.60. The van der Waals surface area contributed by atoms with Gasteiger partial charge in [0, 0.05) is 51.7 Å². The van der Waals surface area contributed by atoms with Gasteiger partial charge in [0.25, 0.3) is 20.1 Å². The average Bonchev–Trinajstić information content (AvgIpc) is 0.698. The normalized spacial score (nSPS) is 15.1. The van der Waals surface area contributed by atoms with Crippen LogP contribution in [0, 0.1) is 0 Å². The van der Waals surface area contributed by atoms with Crippen molar-refractivity contribution in [2.75, 3.05) is 9.80 Å². The van der Waals surface area contributed by atoms with Crippen LogP contribution >= 0.6 is 0 Å². The molecular weight excluding hydrogens is 1110 g/mol. The molecular formula is C82H87B3N2O4. The standard InChI is InChI=1S/C82H87B3N2O4/c1-76(2,3)46-22-28-53(29-23-46)86-61-44-67-59(42-55(61)83-57-34-48(78(7,8)9)26-32-65(57)88-69-38-50(80(13,14)15)36-63(86)73(69)83)85-60-43-56-62(45-68(60)91-72-41-52(82(19,20)21)40-71(90-67)75(72)85)87(54-30-24-47(25-31-54)77(4,5)6)64-37-51(81(16,17)18)39-70-74(64)84(56)58-35-49(79(10,11)12)27-33-66(58)89-70/h22-45H,1-21H3. The first-order chi connectivity index (χ1) is 42.5. The number of anilines is 6. The zero-order valence-corrected chi connectivity index (χ0v) is 57.6. The van der Waals surface area contributed by atoms with Gasteiger partial charge < -0.3 is 28.7 Å². The quantitative estimate of drug-likeness (QED) is 0.161. The fourth-order valence-corrected chi connectivity index (χ4v) is 15.0. The molecule has 6 aliphatic rings. The van der Waals surface area contributed by atoms with Gasteiger partial charge in [-0.15, -0.1) is 0 Å². The number of hydrogen-bond acceptors (Lipinski definition) is 6. The van der Waals surface area contributed by atoms with E-state index in [-0.39, 0.29) is 58.0 Å². The van der Waals surface area contributed by atoms with Gasteiger partial charge in [0.15, 0.2) is 0 Å². The monoisotopic (exact) mass is 1200 g/mol. The lowest BCUT2D eigenvalue weighted by Crippen LogP contribution is -2.64. The van der Waals surface area contributed by atoms with Crippen LogP contribution in [0.15, 0.2) is 146 Å². The average molecular weight is 1200 g/mol. The Bertz CT molecular complexity index is 4300. The van der Waals surface area contributed by atoms with E-state index >= 15 is 0 Å². The van der Waals surface area contributed by atoms with E-state index in [1.165, 1.54) is 66.2 Å². The molecule has 458 valence electrons. The third-order valence-corrected chi connectivity index (χ3v) is 20.6. The van der Waals surface area contributed by atoms with Crippen LogP contribution in [0.3, 0.4) is 0 Å². The third-order valence-electron chi connectivity index (χ3n) is 20.6. The highest BCUT2D eigenvalue weighted by atomic mass is 16.5. The van der Waals surface area contributed by atoms with E-state index in [4.69, 9.17) is 18.9 Å². The highest BCUT2D eigenvalue weighted by Crippen LogP contribution is 2.50. The minimum absolute atomic E-state index is 0.0255. The van der Waals surface area contributed by atoms with Gasteiger partial charge in [-0.2, -0.15) is 0 Å². The third kappa shape index (κ3) is 9.42. The summed E-state index contributed by atoms with van der Waals surface area (Å²) in [6.45, 7) is 47.7. The molecule has 0 saturated carbocycles. The summed E-state index contributed by atoms with van der Waals surface area (Å²) in [5.74, 6) is 6.96. The summed E-state index contributed by atoms with van der Waals surface area (Å²) >= 11 is 0. The number of ether oxygens (including phenoxy) is 4. The van der Waals surface area contributed by atoms with E-state index in [0.717, 1.165) is 102 Å². The molecule has 9 aromatic carbocycles. The van der Waals surface area contributed by atoms with Crippen molar-refractivity contribution in [3.8, 4) is 46.0 Å². The molecule has 0 unspecified atom stereocenters. The molecule has 0 atom stereocenters. The van der Waals surface area contributed by atoms with Crippen LogP contribution < -0.4 is 77.9 Å². The molecule has 9 aromatic rings. The Morgan fingerprint density at radius 1 is 0.220 bits per heavy atom. The molecule has 0 radical (unpaired) electrons. The van der Waals surface area contributed by atoms with Crippen molar-refractivity contribution in [3.05, 3.63) is 185 Å². The van der Waals surface area contributed by atoms with Crippen LogP contribution in [0.5, 0.6) is 46.0 Å². The highest BCUT2D eigenvalue weighted by molar-refractivity contribution is 7.03. The first kappa shape index (κ1) is 59.3. The van der Waals surface area contributed by atoms with Crippen LogP contribution in [-0.2, 0) is 37.9 Å². The summed E-state index contributed by atoms with van der Waals surface area (Å²) < 4.78 is 29.7. The zero-order valence-electron chi connectivity index (χ0n) is 57.6. The molecule has 0 aliphatic carbocycles. The molecule has 91 heavy (non-hydrogen) atoms. The van der Waals surface area contributed by atoms with Crippen LogP contribution in [-0.4, -0.2) is 20.1 Å². The first-order valence-corrected chi connectivity index (χ1v) is 33.2. The number of fused-ring (bicyclic) bond motifs is 12. The predicted molar refractivity (Wildman–Crippen MR) is 387 cm³/mol. The van der Waals surface area contributed by atoms with Gasteiger partial charge in [-0.3, -0.25) is 0 Å². The molecule has 0 spiro atoms. The van der Waals surface area contributed by atoms with E-state index in [2.05, 4.69) is 301 Å². The van der Waals surface area contributed by atoms with E-state index in [1.807, 2.05) is 0 Å². The second kappa shape index (κ2) is 19.3. The lowest BCUT2D eigenvalue weighted by molar-refractivity contribution is 0.458. The molecule has 6 heterocycles. The Morgan fingerprint density at radius 2 is 0.495 bits per heavy atom. The zero-order chi connectivity index (χ0) is 64.5. The maximum Gasteiger partial charge on any atom is 0.260 e. The summed E-state index contributed by atoms with van der Waals surface area (Å²) in [6, 6.07) is 56.4. The Hall–Kier alpha value is -8.03. The van der Waals surface area contributed by atoms with Crippen LogP contribution in [0.1, 0.15) is 184 Å². The molecule has 6 aliphatic heterocycles. The number of hydrogen-bond donors (Lipinski definition) is 0. The molecule has 15 rings (SSSR count). The second-order valence-electron chi connectivity index (χ2n) is 34.3. The molecule has 0 amide bonds. The van der Waals surface area contributed by atoms with Gasteiger partial charge in [-0.05, 0) is 193 Å². The summed E-state index contributed by atoms with van der Waals surface area (Å²) in [6.07, 6.45) is 0. The number of nitrogens with zero attached hydrogens (tertiary/aromatic N) is 2. The van der Waals surface area contributed by atoms with E-state index in [0.29, 0.717) is 0 Å². The van der Waals surface area contributed by atoms with Crippen molar-refractivity contribution in [3.63, 3.8) is 0 Å². The Kier molecular flexibility index (Phi) is 12.6. The lowest BCUT2D eigenvalue weighted by Gasteiger charge is -2.43. The summed E-state index contributed by atoms with van der Waals surface area (Å²) in [5, 5.41) is 0. The van der Waals surface area contributed by atoms with Crippen molar-refractivity contribution in [1.29, 1.82) is 0 Å². The van der Waals surface area contributed by atoms with Crippen LogP contribution in [0.25, 0.3) is 0 Å². The first-order valence-electron chi connectivity index (χ1n) is 33.2. The summed E-state index contributed by atoms with van der Waals surface area (Å²) in [4.78, 5) is 5.02. The fourth-order valence-electron chi connectivity index (χ4n) is 15.0. The smallest absolute Gasteiger partial charge is 0.260 e. The highest BCUT2D eigenvalue weighted by Gasteiger charge is 2.50. The molecule has 0 fully saturated rings. The van der Waals surface area contributed by atoms with Gasteiger partial charge in [0.2, 0.25) is 0 Å². The lowest BCUT2D eigenvalue weighted by atomic mass is 9.30. The Balaban J connectivity index is 1.03. The molecule has 9 heteroatoms.